The number of sulfonamides is 1. The number of rotatable bonds is 7. The first-order valence-electron chi connectivity index (χ1n) is 8.49. The van der Waals surface area contributed by atoms with Crippen molar-refractivity contribution in [3.63, 3.8) is 0 Å². The van der Waals surface area contributed by atoms with Crippen LogP contribution in [0.5, 0.6) is 5.75 Å². The predicted octanol–water partition coefficient (Wildman–Crippen LogP) is 4.95. The van der Waals surface area contributed by atoms with Gasteiger partial charge in [-0.15, -0.1) is 0 Å². The van der Waals surface area contributed by atoms with Crippen LogP contribution in [-0.4, -0.2) is 20.9 Å². The summed E-state index contributed by atoms with van der Waals surface area (Å²) in [6, 6.07) is 15.5. The summed E-state index contributed by atoms with van der Waals surface area (Å²) < 4.78 is 46.2. The van der Waals surface area contributed by atoms with Crippen LogP contribution in [-0.2, 0) is 14.8 Å². The molecule has 0 fully saturated rings. The van der Waals surface area contributed by atoms with Crippen LogP contribution >= 0.6 is 23.2 Å². The SMILES string of the molecule is O=C(COc1ccc(S(=O)(=O)Nc2cc(Cl)cc(Cl)c2)cc1)Nc1ccccc1F. The van der Waals surface area contributed by atoms with Crippen LogP contribution in [0.15, 0.2) is 71.6 Å². The van der Waals surface area contributed by atoms with Gasteiger partial charge in [-0.2, -0.15) is 0 Å². The molecule has 0 spiro atoms. The van der Waals surface area contributed by atoms with Crippen molar-refractivity contribution in [3.8, 4) is 5.75 Å². The maximum Gasteiger partial charge on any atom is 0.262 e. The Morgan fingerprint density at radius 3 is 2.23 bits per heavy atom. The highest BCUT2D eigenvalue weighted by molar-refractivity contribution is 7.92. The third kappa shape index (κ3) is 5.85. The number of hydrogen-bond acceptors (Lipinski definition) is 4. The lowest BCUT2D eigenvalue weighted by Gasteiger charge is -2.11. The lowest BCUT2D eigenvalue weighted by atomic mass is 10.3. The van der Waals surface area contributed by atoms with Crippen molar-refractivity contribution < 1.29 is 22.3 Å². The maximum absolute atomic E-state index is 13.5. The average Bonchev–Trinajstić information content (AvgIpc) is 2.67. The van der Waals surface area contributed by atoms with E-state index in [1.807, 2.05) is 0 Å². The molecule has 0 unspecified atom stereocenters. The third-order valence-electron chi connectivity index (χ3n) is 3.77. The summed E-state index contributed by atoms with van der Waals surface area (Å²) >= 11 is 11.8. The summed E-state index contributed by atoms with van der Waals surface area (Å²) in [5.41, 5.74) is 0.261. The zero-order chi connectivity index (χ0) is 21.7. The van der Waals surface area contributed by atoms with Crippen LogP contribution in [0.2, 0.25) is 10.0 Å². The van der Waals surface area contributed by atoms with Crippen LogP contribution in [0.1, 0.15) is 0 Å². The minimum Gasteiger partial charge on any atom is -0.484 e. The monoisotopic (exact) mass is 468 g/mol. The second kappa shape index (κ2) is 9.34. The van der Waals surface area contributed by atoms with E-state index in [-0.39, 0.29) is 38.7 Å². The van der Waals surface area contributed by atoms with Crippen molar-refractivity contribution in [1.29, 1.82) is 0 Å². The Balaban J connectivity index is 1.61. The van der Waals surface area contributed by atoms with E-state index in [1.54, 1.807) is 6.07 Å². The van der Waals surface area contributed by atoms with Gasteiger partial charge in [0.05, 0.1) is 16.3 Å². The summed E-state index contributed by atoms with van der Waals surface area (Å²) in [6.45, 7) is -0.375. The van der Waals surface area contributed by atoms with E-state index < -0.39 is 21.7 Å². The van der Waals surface area contributed by atoms with E-state index in [2.05, 4.69) is 10.0 Å². The number of carbonyl (C=O) groups is 1. The van der Waals surface area contributed by atoms with Crippen molar-refractivity contribution in [2.45, 2.75) is 4.90 Å². The molecule has 0 bridgehead atoms. The third-order valence-corrected chi connectivity index (χ3v) is 5.60. The molecule has 2 N–H and O–H groups in total. The predicted molar refractivity (Wildman–Crippen MR) is 114 cm³/mol. The van der Waals surface area contributed by atoms with Gasteiger partial charge < -0.3 is 10.1 Å². The number of nitrogens with one attached hydrogen (secondary N) is 2. The lowest BCUT2D eigenvalue weighted by molar-refractivity contribution is -0.118. The highest BCUT2D eigenvalue weighted by Crippen LogP contribution is 2.25. The molecule has 0 aromatic heterocycles. The van der Waals surface area contributed by atoms with Gasteiger partial charge in [0.2, 0.25) is 0 Å². The van der Waals surface area contributed by atoms with Gasteiger partial charge >= 0.3 is 0 Å². The fourth-order valence-corrected chi connectivity index (χ4v) is 4.01. The number of halogens is 3. The molecule has 10 heteroatoms. The van der Waals surface area contributed by atoms with Crippen molar-refractivity contribution in [2.24, 2.45) is 0 Å². The van der Waals surface area contributed by atoms with E-state index in [1.165, 1.54) is 60.7 Å². The van der Waals surface area contributed by atoms with Gasteiger partial charge in [0.15, 0.2) is 6.61 Å². The molecule has 30 heavy (non-hydrogen) atoms. The molecule has 3 rings (SSSR count). The Morgan fingerprint density at radius 1 is 0.967 bits per heavy atom. The van der Waals surface area contributed by atoms with Gasteiger partial charge in [0.1, 0.15) is 11.6 Å². The van der Waals surface area contributed by atoms with Crippen LogP contribution in [0.4, 0.5) is 15.8 Å². The topological polar surface area (TPSA) is 84.5 Å². The highest BCUT2D eigenvalue weighted by atomic mass is 35.5. The van der Waals surface area contributed by atoms with Gasteiger partial charge in [0.25, 0.3) is 15.9 Å². The molecule has 3 aromatic carbocycles. The van der Waals surface area contributed by atoms with E-state index in [9.17, 15) is 17.6 Å². The van der Waals surface area contributed by atoms with E-state index in [4.69, 9.17) is 27.9 Å². The minimum absolute atomic E-state index is 0.0262. The zero-order valence-corrected chi connectivity index (χ0v) is 17.6. The second-order valence-corrected chi connectivity index (χ2v) is 8.61. The Hall–Kier alpha value is -2.81. The van der Waals surface area contributed by atoms with Crippen LogP contribution in [0.25, 0.3) is 0 Å². The molecular weight excluding hydrogens is 454 g/mol. The largest absolute Gasteiger partial charge is 0.484 e. The number of para-hydroxylation sites is 1. The summed E-state index contributed by atoms with van der Waals surface area (Å²) in [6.07, 6.45) is 0. The first-order chi connectivity index (χ1) is 14.2. The fourth-order valence-electron chi connectivity index (χ4n) is 2.44. The zero-order valence-electron chi connectivity index (χ0n) is 15.2. The second-order valence-electron chi connectivity index (χ2n) is 6.05. The normalized spacial score (nSPS) is 11.0. The molecule has 0 aliphatic carbocycles. The van der Waals surface area contributed by atoms with Crippen molar-refractivity contribution in [3.05, 3.63) is 82.6 Å². The number of benzene rings is 3. The standard InChI is InChI=1S/C20H15Cl2FN2O4S/c21-13-9-14(22)11-15(10-13)25-30(27,28)17-7-5-16(6-8-17)29-12-20(26)24-19-4-2-1-3-18(19)23/h1-11,25H,12H2,(H,24,26). The Labute approximate surface area is 182 Å². The van der Waals surface area contributed by atoms with E-state index in [0.29, 0.717) is 0 Å². The number of anilines is 2. The number of hydrogen-bond donors (Lipinski definition) is 2. The fraction of sp³-hybridized carbons (Fsp3) is 0.0500. The molecule has 1 amide bonds. The summed E-state index contributed by atoms with van der Waals surface area (Å²) in [4.78, 5) is 11.9. The van der Waals surface area contributed by atoms with Crippen molar-refractivity contribution in [1.82, 2.24) is 0 Å². The molecule has 0 atom stereocenters. The quantitative estimate of drug-likeness (QED) is 0.513. The van der Waals surface area contributed by atoms with Gasteiger partial charge in [-0.1, -0.05) is 35.3 Å². The molecule has 156 valence electrons. The van der Waals surface area contributed by atoms with Gasteiger partial charge in [0, 0.05) is 10.0 Å². The molecule has 6 nitrogen and oxygen atoms in total. The molecule has 0 radical (unpaired) electrons. The lowest BCUT2D eigenvalue weighted by Crippen LogP contribution is -2.20. The first kappa shape index (κ1) is 21.9. The number of ether oxygens (including phenoxy) is 1. The molecule has 0 heterocycles. The Morgan fingerprint density at radius 2 is 1.60 bits per heavy atom. The van der Waals surface area contributed by atoms with Crippen LogP contribution in [0.3, 0.4) is 0 Å². The van der Waals surface area contributed by atoms with Gasteiger partial charge in [-0.3, -0.25) is 9.52 Å². The average molecular weight is 469 g/mol. The maximum atomic E-state index is 13.5. The molecular formula is C20H15Cl2FN2O4S. The summed E-state index contributed by atoms with van der Waals surface area (Å²) in [5.74, 6) is -0.853. The minimum atomic E-state index is -3.88. The van der Waals surface area contributed by atoms with Crippen LogP contribution < -0.4 is 14.8 Å². The van der Waals surface area contributed by atoms with E-state index >= 15 is 0 Å². The van der Waals surface area contributed by atoms with E-state index in [0.717, 1.165) is 0 Å². The van der Waals surface area contributed by atoms with Crippen LogP contribution in [0, 0.1) is 5.82 Å². The Bertz CT molecular complexity index is 1150. The smallest absolute Gasteiger partial charge is 0.262 e. The number of carbonyl (C=O) groups excluding carboxylic acids is 1. The first-order valence-corrected chi connectivity index (χ1v) is 10.7. The van der Waals surface area contributed by atoms with Gasteiger partial charge in [-0.05, 0) is 54.6 Å². The molecule has 0 aliphatic heterocycles. The highest BCUT2D eigenvalue weighted by Gasteiger charge is 2.15. The molecule has 0 aliphatic rings. The van der Waals surface area contributed by atoms with Crippen molar-refractivity contribution >= 4 is 50.5 Å². The Kier molecular flexibility index (Phi) is 6.81. The molecule has 3 aromatic rings. The summed E-state index contributed by atoms with van der Waals surface area (Å²) in [5, 5.41) is 2.96. The van der Waals surface area contributed by atoms with Gasteiger partial charge in [-0.25, -0.2) is 12.8 Å². The number of amides is 1. The summed E-state index contributed by atoms with van der Waals surface area (Å²) in [7, 11) is -3.88. The molecule has 0 saturated heterocycles. The van der Waals surface area contributed by atoms with Crippen molar-refractivity contribution in [2.75, 3.05) is 16.6 Å². The molecule has 0 saturated carbocycles.